The largest absolute Gasteiger partial charge is 0.497 e. The summed E-state index contributed by atoms with van der Waals surface area (Å²) < 4.78 is 5.16. The number of benzene rings is 2. The van der Waals surface area contributed by atoms with Crippen LogP contribution in [0.25, 0.3) is 0 Å². The molecule has 1 aliphatic heterocycles. The molecule has 1 heterocycles. The summed E-state index contributed by atoms with van der Waals surface area (Å²) in [4.78, 5) is 25.3. The van der Waals surface area contributed by atoms with Gasteiger partial charge in [0, 0.05) is 17.9 Å². The molecule has 0 radical (unpaired) electrons. The minimum Gasteiger partial charge on any atom is -0.497 e. The topological polar surface area (TPSA) is 67.4 Å². The third-order valence-corrected chi connectivity index (χ3v) is 4.98. The number of amides is 2. The standard InChI is InChI=1S/C18H18N2O3S/c1-23-13-6-4-5-12(9-13)11-19-17(21)10-16-18(22)20-14-7-2-3-8-15(14)24-16/h2-9,16H,10-11H2,1H3,(H,19,21)(H,20,22)/t16-/m0/s1. The normalized spacial score (nSPS) is 16.0. The monoisotopic (exact) mass is 342 g/mol. The molecule has 2 N–H and O–H groups in total. The molecule has 1 aliphatic rings. The summed E-state index contributed by atoms with van der Waals surface area (Å²) in [6.45, 7) is 0.408. The zero-order valence-corrected chi connectivity index (χ0v) is 14.1. The first-order valence-corrected chi connectivity index (χ1v) is 8.50. The van der Waals surface area contributed by atoms with E-state index in [4.69, 9.17) is 4.74 Å². The zero-order valence-electron chi connectivity index (χ0n) is 13.2. The van der Waals surface area contributed by atoms with E-state index in [1.807, 2.05) is 48.5 Å². The molecule has 24 heavy (non-hydrogen) atoms. The van der Waals surface area contributed by atoms with E-state index in [-0.39, 0.29) is 18.2 Å². The van der Waals surface area contributed by atoms with Gasteiger partial charge in [-0.15, -0.1) is 11.8 Å². The van der Waals surface area contributed by atoms with Crippen molar-refractivity contribution in [3.63, 3.8) is 0 Å². The van der Waals surface area contributed by atoms with Crippen LogP contribution in [0.4, 0.5) is 5.69 Å². The number of carbonyl (C=O) groups is 2. The van der Waals surface area contributed by atoms with E-state index in [0.29, 0.717) is 6.54 Å². The van der Waals surface area contributed by atoms with E-state index in [1.165, 1.54) is 11.8 Å². The van der Waals surface area contributed by atoms with Gasteiger partial charge in [0.2, 0.25) is 11.8 Å². The van der Waals surface area contributed by atoms with Crippen LogP contribution < -0.4 is 15.4 Å². The Labute approximate surface area is 144 Å². The van der Waals surface area contributed by atoms with Crippen molar-refractivity contribution < 1.29 is 14.3 Å². The Morgan fingerprint density at radius 1 is 1.25 bits per heavy atom. The Hall–Kier alpha value is -2.47. The second kappa shape index (κ2) is 7.40. The van der Waals surface area contributed by atoms with Crippen molar-refractivity contribution in [2.45, 2.75) is 23.1 Å². The molecule has 0 saturated heterocycles. The number of ether oxygens (including phenoxy) is 1. The molecule has 2 aromatic rings. The molecule has 2 amide bonds. The summed E-state index contributed by atoms with van der Waals surface area (Å²) in [5, 5.41) is 5.29. The highest BCUT2D eigenvalue weighted by atomic mass is 32.2. The van der Waals surface area contributed by atoms with Gasteiger partial charge >= 0.3 is 0 Å². The highest BCUT2D eigenvalue weighted by molar-refractivity contribution is 8.01. The SMILES string of the molecule is COc1cccc(CNC(=O)C[C@@H]2Sc3ccccc3NC2=O)c1. The molecule has 5 nitrogen and oxygen atoms in total. The van der Waals surface area contributed by atoms with Gasteiger partial charge in [-0.05, 0) is 29.8 Å². The van der Waals surface area contributed by atoms with Gasteiger partial charge in [0.15, 0.2) is 0 Å². The summed E-state index contributed by atoms with van der Waals surface area (Å²) >= 11 is 1.43. The van der Waals surface area contributed by atoms with Gasteiger partial charge in [-0.2, -0.15) is 0 Å². The maximum atomic E-state index is 12.2. The molecule has 0 bridgehead atoms. The van der Waals surface area contributed by atoms with E-state index in [2.05, 4.69) is 10.6 Å². The molecule has 124 valence electrons. The average molecular weight is 342 g/mol. The maximum Gasteiger partial charge on any atom is 0.238 e. The van der Waals surface area contributed by atoms with Gasteiger partial charge in [0.05, 0.1) is 18.0 Å². The van der Waals surface area contributed by atoms with E-state index in [9.17, 15) is 9.59 Å². The van der Waals surface area contributed by atoms with Crippen molar-refractivity contribution in [1.29, 1.82) is 0 Å². The van der Waals surface area contributed by atoms with E-state index in [0.717, 1.165) is 21.9 Å². The Balaban J connectivity index is 1.56. The highest BCUT2D eigenvalue weighted by Crippen LogP contribution is 2.36. The average Bonchev–Trinajstić information content (AvgIpc) is 2.61. The lowest BCUT2D eigenvalue weighted by Gasteiger charge is -2.23. The maximum absolute atomic E-state index is 12.2. The van der Waals surface area contributed by atoms with Crippen LogP contribution in [-0.4, -0.2) is 24.2 Å². The molecule has 0 saturated carbocycles. The van der Waals surface area contributed by atoms with Crippen molar-refractivity contribution in [3.8, 4) is 5.75 Å². The van der Waals surface area contributed by atoms with Gasteiger partial charge in [0.1, 0.15) is 5.75 Å². The summed E-state index contributed by atoms with van der Waals surface area (Å²) in [5.41, 5.74) is 1.76. The van der Waals surface area contributed by atoms with Crippen molar-refractivity contribution in [1.82, 2.24) is 5.32 Å². The van der Waals surface area contributed by atoms with E-state index in [1.54, 1.807) is 7.11 Å². The molecule has 6 heteroatoms. The molecule has 0 spiro atoms. The lowest BCUT2D eigenvalue weighted by atomic mass is 10.2. The first-order chi connectivity index (χ1) is 11.7. The Kier molecular flexibility index (Phi) is 5.05. The third kappa shape index (κ3) is 3.89. The molecule has 1 atom stereocenters. The van der Waals surface area contributed by atoms with Gasteiger partial charge in [-0.25, -0.2) is 0 Å². The number of hydrogen-bond donors (Lipinski definition) is 2. The number of anilines is 1. The minimum absolute atomic E-state index is 0.129. The van der Waals surface area contributed by atoms with Gasteiger partial charge < -0.3 is 15.4 Å². The van der Waals surface area contributed by atoms with Crippen LogP contribution in [0.5, 0.6) is 5.75 Å². The second-order valence-corrected chi connectivity index (χ2v) is 6.67. The molecule has 3 rings (SSSR count). The van der Waals surface area contributed by atoms with Crippen molar-refractivity contribution in [2.24, 2.45) is 0 Å². The molecular formula is C18H18N2O3S. The number of rotatable bonds is 5. The summed E-state index contributed by atoms with van der Waals surface area (Å²) in [7, 11) is 1.61. The molecule has 0 aromatic heterocycles. The molecule has 0 unspecified atom stereocenters. The first kappa shape index (κ1) is 16.4. The Morgan fingerprint density at radius 3 is 2.92 bits per heavy atom. The van der Waals surface area contributed by atoms with Crippen LogP contribution in [0.1, 0.15) is 12.0 Å². The van der Waals surface area contributed by atoms with Gasteiger partial charge in [0.25, 0.3) is 0 Å². The zero-order chi connectivity index (χ0) is 16.9. The highest BCUT2D eigenvalue weighted by Gasteiger charge is 2.28. The van der Waals surface area contributed by atoms with Crippen LogP contribution in [0.15, 0.2) is 53.4 Å². The second-order valence-electron chi connectivity index (χ2n) is 5.42. The van der Waals surface area contributed by atoms with Crippen LogP contribution in [0.2, 0.25) is 0 Å². The van der Waals surface area contributed by atoms with Crippen LogP contribution in [-0.2, 0) is 16.1 Å². The number of methoxy groups -OCH3 is 1. The number of para-hydroxylation sites is 1. The van der Waals surface area contributed by atoms with Crippen LogP contribution in [0, 0.1) is 0 Å². The number of fused-ring (bicyclic) bond motifs is 1. The summed E-state index contributed by atoms with van der Waals surface area (Å²) in [6.07, 6.45) is 0.148. The van der Waals surface area contributed by atoms with E-state index < -0.39 is 5.25 Å². The van der Waals surface area contributed by atoms with Crippen LogP contribution >= 0.6 is 11.8 Å². The van der Waals surface area contributed by atoms with Gasteiger partial charge in [-0.3, -0.25) is 9.59 Å². The van der Waals surface area contributed by atoms with Crippen LogP contribution in [0.3, 0.4) is 0 Å². The van der Waals surface area contributed by atoms with Crippen molar-refractivity contribution in [2.75, 3.05) is 12.4 Å². The number of thioether (sulfide) groups is 1. The predicted molar refractivity (Wildman–Crippen MR) is 94.2 cm³/mol. The smallest absolute Gasteiger partial charge is 0.238 e. The molecule has 2 aromatic carbocycles. The fourth-order valence-electron chi connectivity index (χ4n) is 2.45. The summed E-state index contributed by atoms with van der Waals surface area (Å²) in [6, 6.07) is 15.1. The Morgan fingerprint density at radius 2 is 2.08 bits per heavy atom. The van der Waals surface area contributed by atoms with Crippen molar-refractivity contribution in [3.05, 3.63) is 54.1 Å². The first-order valence-electron chi connectivity index (χ1n) is 7.62. The molecular weight excluding hydrogens is 324 g/mol. The summed E-state index contributed by atoms with van der Waals surface area (Å²) in [5.74, 6) is 0.473. The molecule has 0 fully saturated rings. The number of hydrogen-bond acceptors (Lipinski definition) is 4. The third-order valence-electron chi connectivity index (χ3n) is 3.70. The fourth-order valence-corrected chi connectivity index (χ4v) is 3.56. The fraction of sp³-hybridized carbons (Fsp3) is 0.222. The lowest BCUT2D eigenvalue weighted by molar-refractivity contribution is -0.124. The van der Waals surface area contributed by atoms with Crippen molar-refractivity contribution >= 4 is 29.3 Å². The quantitative estimate of drug-likeness (QED) is 0.877. The Bertz CT molecular complexity index is 763. The molecule has 0 aliphatic carbocycles. The number of carbonyl (C=O) groups excluding carboxylic acids is 2. The predicted octanol–water partition coefficient (Wildman–Crippen LogP) is 2.81. The number of nitrogens with one attached hydrogen (secondary N) is 2. The lowest BCUT2D eigenvalue weighted by Crippen LogP contribution is -2.34. The van der Waals surface area contributed by atoms with E-state index >= 15 is 0 Å². The van der Waals surface area contributed by atoms with Gasteiger partial charge in [-0.1, -0.05) is 24.3 Å². The minimum atomic E-state index is -0.412.